The van der Waals surface area contributed by atoms with Gasteiger partial charge in [-0.2, -0.15) is 0 Å². The Morgan fingerprint density at radius 1 is 1.31 bits per heavy atom. The number of anilines is 1. The zero-order chi connectivity index (χ0) is 17.9. The molecule has 0 spiro atoms. The van der Waals surface area contributed by atoms with Gasteiger partial charge < -0.3 is 14.6 Å². The minimum Gasteiger partial charge on any atom is -0.447 e. The van der Waals surface area contributed by atoms with Crippen molar-refractivity contribution in [3.05, 3.63) is 47.3 Å². The molecule has 1 aliphatic heterocycles. The first kappa shape index (κ1) is 16.2. The van der Waals surface area contributed by atoms with E-state index in [1.54, 1.807) is 11.0 Å². The van der Waals surface area contributed by atoms with Gasteiger partial charge >= 0.3 is 6.09 Å². The Morgan fingerprint density at radius 3 is 2.81 bits per heavy atom. The lowest BCUT2D eigenvalue weighted by Gasteiger charge is -2.11. The molecule has 0 bridgehead atoms. The number of carbonyl (C=O) groups is 2. The molecule has 1 aromatic carbocycles. The summed E-state index contributed by atoms with van der Waals surface area (Å²) in [5, 5.41) is 6.49. The van der Waals surface area contributed by atoms with E-state index >= 15 is 0 Å². The molecule has 2 aliphatic rings. The zero-order valence-electron chi connectivity index (χ0n) is 14.0. The van der Waals surface area contributed by atoms with Crippen LogP contribution in [-0.2, 0) is 4.74 Å². The molecule has 7 nitrogen and oxygen atoms in total. The fourth-order valence-electron chi connectivity index (χ4n) is 2.67. The third-order valence-electron chi connectivity index (χ3n) is 4.25. The predicted octanol–water partition coefficient (Wildman–Crippen LogP) is 2.29. The van der Waals surface area contributed by atoms with Crippen molar-refractivity contribution in [2.45, 2.75) is 18.8 Å². The molecule has 2 fully saturated rings. The topological polar surface area (TPSA) is 84.7 Å². The standard InChI is InChI=1S/C19H17N3O4/c23-18(16-12-17(26-21-16)14-5-6-14)20-9-1-2-13-3-7-15(8-4-13)22-10-11-25-19(22)24/h3-4,7-8,12,14H,5-6,9-11H2,(H,20,23). The lowest BCUT2D eigenvalue weighted by molar-refractivity contribution is 0.0949. The van der Waals surface area contributed by atoms with Crippen LogP contribution in [-0.4, -0.2) is 36.9 Å². The van der Waals surface area contributed by atoms with Gasteiger partial charge in [0.2, 0.25) is 0 Å². The molecule has 2 heterocycles. The maximum atomic E-state index is 12.0. The molecular weight excluding hydrogens is 334 g/mol. The first-order valence-electron chi connectivity index (χ1n) is 8.49. The second kappa shape index (κ2) is 6.92. The number of rotatable bonds is 4. The van der Waals surface area contributed by atoms with E-state index in [2.05, 4.69) is 22.3 Å². The number of nitrogens with one attached hydrogen (secondary N) is 1. The van der Waals surface area contributed by atoms with Crippen molar-refractivity contribution >= 4 is 17.7 Å². The van der Waals surface area contributed by atoms with Crippen LogP contribution in [0.15, 0.2) is 34.9 Å². The highest BCUT2D eigenvalue weighted by molar-refractivity contribution is 5.92. The monoisotopic (exact) mass is 351 g/mol. The number of nitrogens with zero attached hydrogens (tertiary/aromatic N) is 2. The van der Waals surface area contributed by atoms with Gasteiger partial charge in [0.05, 0.1) is 13.1 Å². The quantitative estimate of drug-likeness (QED) is 0.855. The van der Waals surface area contributed by atoms with Gasteiger partial charge in [0.1, 0.15) is 12.4 Å². The number of amides is 2. The van der Waals surface area contributed by atoms with Crippen molar-refractivity contribution < 1.29 is 18.8 Å². The largest absolute Gasteiger partial charge is 0.447 e. The van der Waals surface area contributed by atoms with Gasteiger partial charge in [-0.25, -0.2) is 4.79 Å². The molecule has 2 amide bonds. The van der Waals surface area contributed by atoms with Crippen LogP contribution in [0, 0.1) is 11.8 Å². The minimum absolute atomic E-state index is 0.213. The lowest BCUT2D eigenvalue weighted by atomic mass is 10.2. The summed E-state index contributed by atoms with van der Waals surface area (Å²) in [6, 6.07) is 9.00. The molecule has 0 radical (unpaired) electrons. The highest BCUT2D eigenvalue weighted by atomic mass is 16.6. The van der Waals surface area contributed by atoms with Crippen LogP contribution >= 0.6 is 0 Å². The normalized spacial score (nSPS) is 16.0. The van der Waals surface area contributed by atoms with E-state index in [0.717, 1.165) is 29.9 Å². The summed E-state index contributed by atoms with van der Waals surface area (Å²) in [7, 11) is 0. The van der Waals surface area contributed by atoms with Gasteiger partial charge in [0.15, 0.2) is 5.69 Å². The summed E-state index contributed by atoms with van der Waals surface area (Å²) in [5.41, 5.74) is 1.87. The summed E-state index contributed by atoms with van der Waals surface area (Å²) in [6.45, 7) is 1.18. The molecule has 26 heavy (non-hydrogen) atoms. The van der Waals surface area contributed by atoms with Gasteiger partial charge in [-0.3, -0.25) is 9.69 Å². The zero-order valence-corrected chi connectivity index (χ0v) is 14.0. The molecule has 7 heteroatoms. The second-order valence-corrected chi connectivity index (χ2v) is 6.19. The maximum absolute atomic E-state index is 12.0. The van der Waals surface area contributed by atoms with Gasteiger partial charge in [0.25, 0.3) is 5.91 Å². The predicted molar refractivity (Wildman–Crippen MR) is 92.8 cm³/mol. The third-order valence-corrected chi connectivity index (χ3v) is 4.25. The Labute approximate surface area is 150 Å². The summed E-state index contributed by atoms with van der Waals surface area (Å²) >= 11 is 0. The highest BCUT2D eigenvalue weighted by Gasteiger charge is 2.28. The molecule has 1 saturated carbocycles. The average Bonchev–Trinajstić information content (AvgIpc) is 3.22. The van der Waals surface area contributed by atoms with Crippen molar-refractivity contribution in [1.82, 2.24) is 10.5 Å². The SMILES string of the molecule is O=C(NCC#Cc1ccc(N2CCOC2=O)cc1)c1cc(C2CC2)on1. The van der Waals surface area contributed by atoms with Crippen molar-refractivity contribution in [2.24, 2.45) is 0 Å². The molecule has 1 aromatic heterocycles. The van der Waals surface area contributed by atoms with Crippen LogP contribution < -0.4 is 10.2 Å². The van der Waals surface area contributed by atoms with E-state index in [0.29, 0.717) is 19.1 Å². The van der Waals surface area contributed by atoms with Crippen molar-refractivity contribution in [1.29, 1.82) is 0 Å². The van der Waals surface area contributed by atoms with Crippen molar-refractivity contribution in [3.63, 3.8) is 0 Å². The Kier molecular flexibility index (Phi) is 4.32. The van der Waals surface area contributed by atoms with Crippen LogP contribution in [0.3, 0.4) is 0 Å². The fourth-order valence-corrected chi connectivity index (χ4v) is 2.67. The van der Waals surface area contributed by atoms with Gasteiger partial charge in [-0.05, 0) is 37.1 Å². The Morgan fingerprint density at radius 2 is 2.12 bits per heavy atom. The van der Waals surface area contributed by atoms with Crippen LogP contribution in [0.5, 0.6) is 0 Å². The van der Waals surface area contributed by atoms with E-state index < -0.39 is 0 Å². The second-order valence-electron chi connectivity index (χ2n) is 6.19. The number of carbonyl (C=O) groups excluding carboxylic acids is 2. The van der Waals surface area contributed by atoms with Crippen molar-refractivity contribution in [3.8, 4) is 11.8 Å². The molecule has 132 valence electrons. The Balaban J connectivity index is 1.30. The third kappa shape index (κ3) is 3.54. The van der Waals surface area contributed by atoms with Crippen LogP contribution in [0.1, 0.15) is 40.6 Å². The molecule has 1 aliphatic carbocycles. The summed E-state index contributed by atoms with van der Waals surface area (Å²) < 4.78 is 10.1. The summed E-state index contributed by atoms with van der Waals surface area (Å²) in [6.07, 6.45) is 1.86. The fraction of sp³-hybridized carbons (Fsp3) is 0.316. The molecule has 1 N–H and O–H groups in total. The van der Waals surface area contributed by atoms with Gasteiger partial charge in [0, 0.05) is 23.2 Å². The van der Waals surface area contributed by atoms with E-state index in [9.17, 15) is 9.59 Å². The van der Waals surface area contributed by atoms with E-state index in [4.69, 9.17) is 9.26 Å². The van der Waals surface area contributed by atoms with Crippen molar-refractivity contribution in [2.75, 3.05) is 24.6 Å². The van der Waals surface area contributed by atoms with Gasteiger partial charge in [-0.15, -0.1) is 0 Å². The van der Waals surface area contributed by atoms with E-state index in [1.807, 2.05) is 24.3 Å². The Hall–Kier alpha value is -3.27. The van der Waals surface area contributed by atoms with Crippen LogP contribution in [0.2, 0.25) is 0 Å². The Bertz CT molecular complexity index is 887. The maximum Gasteiger partial charge on any atom is 0.414 e. The first-order chi connectivity index (χ1) is 12.7. The number of ether oxygens (including phenoxy) is 1. The smallest absolute Gasteiger partial charge is 0.414 e. The van der Waals surface area contributed by atoms with E-state index in [-0.39, 0.29) is 24.2 Å². The minimum atomic E-state index is -0.329. The number of hydrogen-bond acceptors (Lipinski definition) is 5. The summed E-state index contributed by atoms with van der Waals surface area (Å²) in [4.78, 5) is 25.1. The lowest BCUT2D eigenvalue weighted by Crippen LogP contribution is -2.23. The van der Waals surface area contributed by atoms with Crippen LogP contribution in [0.4, 0.5) is 10.5 Å². The number of cyclic esters (lactones) is 1. The summed E-state index contributed by atoms with van der Waals surface area (Å²) in [5.74, 6) is 6.78. The number of benzene rings is 1. The van der Waals surface area contributed by atoms with Gasteiger partial charge in [-0.1, -0.05) is 17.0 Å². The van der Waals surface area contributed by atoms with Crippen LogP contribution in [0.25, 0.3) is 0 Å². The van der Waals surface area contributed by atoms with E-state index in [1.165, 1.54) is 0 Å². The molecule has 2 aromatic rings. The average molecular weight is 351 g/mol. The molecule has 0 unspecified atom stereocenters. The molecular formula is C19H17N3O4. The number of aromatic nitrogens is 1. The highest BCUT2D eigenvalue weighted by Crippen LogP contribution is 2.40. The molecule has 0 atom stereocenters. The number of hydrogen-bond donors (Lipinski definition) is 1. The molecule has 1 saturated heterocycles. The molecule has 4 rings (SSSR count). The first-order valence-corrected chi connectivity index (χ1v) is 8.49.